The van der Waals surface area contributed by atoms with Crippen molar-refractivity contribution in [3.05, 3.63) is 52.0 Å². The molecule has 2 aliphatic rings. The maximum Gasteiger partial charge on any atom is 0.247 e. The largest absolute Gasteiger partial charge is 0.486 e. The lowest BCUT2D eigenvalue weighted by Crippen LogP contribution is -2.22. The molecule has 7 heteroatoms. The van der Waals surface area contributed by atoms with Crippen molar-refractivity contribution in [2.24, 2.45) is 5.10 Å². The molecule has 0 aromatic heterocycles. The van der Waals surface area contributed by atoms with E-state index in [9.17, 15) is 4.79 Å². The van der Waals surface area contributed by atoms with Gasteiger partial charge >= 0.3 is 0 Å². The van der Waals surface area contributed by atoms with Crippen molar-refractivity contribution < 1.29 is 14.3 Å². The van der Waals surface area contributed by atoms with Crippen molar-refractivity contribution >= 4 is 28.9 Å². The van der Waals surface area contributed by atoms with Gasteiger partial charge in [0.2, 0.25) is 5.91 Å². The van der Waals surface area contributed by atoms with Crippen molar-refractivity contribution in [1.82, 2.24) is 5.43 Å². The van der Waals surface area contributed by atoms with Crippen molar-refractivity contribution in [1.29, 1.82) is 0 Å². The topological polar surface area (TPSA) is 85.9 Å². The van der Waals surface area contributed by atoms with E-state index in [1.165, 1.54) is 0 Å². The first-order valence-corrected chi connectivity index (χ1v) is 8.29. The summed E-state index contributed by atoms with van der Waals surface area (Å²) in [6.45, 7) is 2.80. The van der Waals surface area contributed by atoms with Crippen molar-refractivity contribution in [2.45, 2.75) is 12.8 Å². The van der Waals surface area contributed by atoms with Crippen LogP contribution in [0.15, 0.2) is 35.4 Å². The van der Waals surface area contributed by atoms with Crippen LogP contribution < -0.4 is 20.6 Å². The van der Waals surface area contributed by atoms with Crippen LogP contribution in [-0.4, -0.2) is 24.8 Å². The number of fused-ring (bicyclic) bond motifs is 2. The van der Waals surface area contributed by atoms with Crippen LogP contribution in [0.4, 0.5) is 5.69 Å². The fraction of sp³-hybridized carbons (Fsp3) is 0.222. The third kappa shape index (κ3) is 2.68. The highest BCUT2D eigenvalue weighted by Gasteiger charge is 2.28. The van der Waals surface area contributed by atoms with E-state index in [0.29, 0.717) is 41.1 Å². The van der Waals surface area contributed by atoms with Gasteiger partial charge in [0.25, 0.3) is 0 Å². The zero-order chi connectivity index (χ0) is 17.6. The van der Waals surface area contributed by atoms with Crippen LogP contribution in [0.5, 0.6) is 11.5 Å². The number of nitrogens with two attached hydrogens (primary N) is 1. The van der Waals surface area contributed by atoms with E-state index in [1.54, 1.807) is 12.1 Å². The minimum atomic E-state index is -0.378. The molecule has 6 nitrogen and oxygen atoms in total. The lowest BCUT2D eigenvalue weighted by Gasteiger charge is -2.22. The Kier molecular flexibility index (Phi) is 3.77. The van der Waals surface area contributed by atoms with E-state index in [-0.39, 0.29) is 11.8 Å². The molecule has 1 unspecified atom stereocenters. The first-order chi connectivity index (χ1) is 12.0. The van der Waals surface area contributed by atoms with Gasteiger partial charge in [-0.05, 0) is 36.8 Å². The number of amides is 1. The van der Waals surface area contributed by atoms with Crippen LogP contribution in [0.3, 0.4) is 0 Å². The Bertz CT molecular complexity index is 911. The molecule has 25 heavy (non-hydrogen) atoms. The Labute approximate surface area is 149 Å². The number of ether oxygens (including phenoxy) is 2. The molecule has 0 spiro atoms. The minimum absolute atomic E-state index is 0.186. The summed E-state index contributed by atoms with van der Waals surface area (Å²) >= 11 is 6.16. The van der Waals surface area contributed by atoms with Gasteiger partial charge in [0.15, 0.2) is 11.5 Å². The molecule has 128 valence electrons. The molecule has 2 aliphatic heterocycles. The Morgan fingerprint density at radius 1 is 1.20 bits per heavy atom. The third-order valence-electron chi connectivity index (χ3n) is 4.38. The third-order valence-corrected chi connectivity index (χ3v) is 4.71. The van der Waals surface area contributed by atoms with Crippen LogP contribution in [-0.2, 0) is 4.79 Å². The number of carbonyl (C=O) groups excluding carboxylic acids is 1. The highest BCUT2D eigenvalue weighted by molar-refractivity contribution is 6.33. The number of carbonyl (C=O) groups is 1. The first kappa shape index (κ1) is 15.8. The van der Waals surface area contributed by atoms with Gasteiger partial charge in [0.05, 0.1) is 22.3 Å². The fourth-order valence-corrected chi connectivity index (χ4v) is 3.15. The molecule has 0 bridgehead atoms. The molecular formula is C18H16ClN3O3. The monoisotopic (exact) mass is 357 g/mol. The molecule has 2 aromatic carbocycles. The molecule has 0 aliphatic carbocycles. The fourth-order valence-electron chi connectivity index (χ4n) is 2.97. The second-order valence-electron chi connectivity index (χ2n) is 5.98. The predicted octanol–water partition coefficient (Wildman–Crippen LogP) is 2.68. The Hall–Kier alpha value is -2.73. The van der Waals surface area contributed by atoms with Crippen molar-refractivity contribution in [2.75, 3.05) is 18.9 Å². The molecule has 2 heterocycles. The summed E-state index contributed by atoms with van der Waals surface area (Å²) < 4.78 is 11.3. The molecule has 0 fully saturated rings. The van der Waals surface area contributed by atoms with Gasteiger partial charge in [-0.25, -0.2) is 5.43 Å². The average molecular weight is 358 g/mol. The molecule has 1 atom stereocenters. The maximum atomic E-state index is 12.3. The molecule has 0 saturated heterocycles. The summed E-state index contributed by atoms with van der Waals surface area (Å²) in [6.07, 6.45) is 0. The summed E-state index contributed by atoms with van der Waals surface area (Å²) in [5.74, 6) is 0.716. The molecule has 2 aromatic rings. The van der Waals surface area contributed by atoms with Crippen LogP contribution >= 0.6 is 11.6 Å². The second kappa shape index (κ2) is 5.97. The van der Waals surface area contributed by atoms with Gasteiger partial charge in [-0.3, -0.25) is 4.79 Å². The number of nitrogen functional groups attached to an aromatic ring is 1. The number of hydrogen-bond donors (Lipinski definition) is 2. The Balaban J connectivity index is 1.92. The normalized spacial score (nSPS) is 18.7. The number of nitrogens with zero attached hydrogens (tertiary/aromatic N) is 1. The molecule has 0 saturated carbocycles. The van der Waals surface area contributed by atoms with Crippen molar-refractivity contribution in [3.8, 4) is 11.5 Å². The summed E-state index contributed by atoms with van der Waals surface area (Å²) in [7, 11) is 0. The van der Waals surface area contributed by atoms with Crippen molar-refractivity contribution in [3.63, 3.8) is 0 Å². The Morgan fingerprint density at radius 2 is 1.92 bits per heavy atom. The van der Waals surface area contributed by atoms with E-state index in [1.807, 2.05) is 25.1 Å². The highest BCUT2D eigenvalue weighted by Crippen LogP contribution is 2.38. The standard InChI is InChI=1S/C18H16ClN3O3/c1-9-11-7-15-16(25-5-4-24-15)8-12(11)17(21-22-18(9)23)10-2-3-14(20)13(19)6-10/h2-3,6-9H,4-5,20H2,1H3,(H,22,23). The minimum Gasteiger partial charge on any atom is -0.486 e. The van der Waals surface area contributed by atoms with E-state index >= 15 is 0 Å². The van der Waals surface area contributed by atoms with E-state index in [2.05, 4.69) is 10.5 Å². The molecular weight excluding hydrogens is 342 g/mol. The molecule has 0 radical (unpaired) electrons. The number of halogens is 1. The van der Waals surface area contributed by atoms with Gasteiger partial charge in [-0.15, -0.1) is 0 Å². The number of rotatable bonds is 1. The lowest BCUT2D eigenvalue weighted by molar-refractivity contribution is -0.122. The second-order valence-corrected chi connectivity index (χ2v) is 6.38. The maximum absolute atomic E-state index is 12.3. The van der Waals surface area contributed by atoms with Gasteiger partial charge < -0.3 is 15.2 Å². The van der Waals surface area contributed by atoms with Crippen LogP contribution in [0.2, 0.25) is 5.02 Å². The van der Waals surface area contributed by atoms with Gasteiger partial charge in [0.1, 0.15) is 13.2 Å². The van der Waals surface area contributed by atoms with Crippen LogP contribution in [0.25, 0.3) is 0 Å². The zero-order valence-corrected chi connectivity index (χ0v) is 14.3. The highest BCUT2D eigenvalue weighted by atomic mass is 35.5. The average Bonchev–Trinajstić information content (AvgIpc) is 2.74. The predicted molar refractivity (Wildman–Crippen MR) is 95.5 cm³/mol. The molecule has 3 N–H and O–H groups in total. The zero-order valence-electron chi connectivity index (χ0n) is 13.5. The summed E-state index contributed by atoms with van der Waals surface area (Å²) in [4.78, 5) is 12.3. The quantitative estimate of drug-likeness (QED) is 0.768. The number of anilines is 1. The summed E-state index contributed by atoms with van der Waals surface area (Å²) in [5.41, 5.74) is 11.9. The van der Waals surface area contributed by atoms with E-state index < -0.39 is 0 Å². The van der Waals surface area contributed by atoms with Gasteiger partial charge in [-0.1, -0.05) is 17.7 Å². The number of benzene rings is 2. The summed E-state index contributed by atoms with van der Waals surface area (Å²) in [5, 5.41) is 4.74. The first-order valence-electron chi connectivity index (χ1n) is 7.91. The Morgan fingerprint density at radius 3 is 2.64 bits per heavy atom. The number of nitrogens with one attached hydrogen (secondary N) is 1. The SMILES string of the molecule is CC1C(=O)NN=C(c2ccc(N)c(Cl)c2)c2cc3c(cc21)OCCO3. The van der Waals surface area contributed by atoms with Crippen LogP contribution in [0.1, 0.15) is 29.5 Å². The number of hydrogen-bond acceptors (Lipinski definition) is 5. The van der Waals surface area contributed by atoms with Crippen LogP contribution in [0, 0.1) is 0 Å². The van der Waals surface area contributed by atoms with E-state index in [4.69, 9.17) is 26.8 Å². The molecule has 4 rings (SSSR count). The smallest absolute Gasteiger partial charge is 0.247 e. The summed E-state index contributed by atoms with van der Waals surface area (Å²) in [6, 6.07) is 8.99. The van der Waals surface area contributed by atoms with Gasteiger partial charge in [-0.2, -0.15) is 5.10 Å². The lowest BCUT2D eigenvalue weighted by atomic mass is 9.90. The number of hydrazone groups is 1. The van der Waals surface area contributed by atoms with E-state index in [0.717, 1.165) is 16.7 Å². The van der Waals surface area contributed by atoms with Gasteiger partial charge in [0, 0.05) is 11.1 Å². The molecule has 1 amide bonds.